The number of thiazole rings is 1. The van der Waals surface area contributed by atoms with E-state index in [9.17, 15) is 0 Å². The van der Waals surface area contributed by atoms with Crippen LogP contribution in [-0.2, 0) is 0 Å². The summed E-state index contributed by atoms with van der Waals surface area (Å²) in [5, 5.41) is 10.6. The number of nitrogens with zero attached hydrogens (tertiary/aromatic N) is 4. The van der Waals surface area contributed by atoms with Crippen molar-refractivity contribution in [3.8, 4) is 10.8 Å². The van der Waals surface area contributed by atoms with Gasteiger partial charge in [0.1, 0.15) is 14.2 Å². The van der Waals surface area contributed by atoms with Crippen molar-refractivity contribution in [1.82, 2.24) is 19.7 Å². The zero-order valence-corrected chi connectivity index (χ0v) is 8.24. The summed E-state index contributed by atoms with van der Waals surface area (Å²) in [6, 6.07) is 0.574. The molecule has 1 aliphatic rings. The summed E-state index contributed by atoms with van der Waals surface area (Å²) >= 11 is 1.51. The van der Waals surface area contributed by atoms with E-state index in [1.807, 2.05) is 5.38 Å². The molecule has 2 aromatic rings. The smallest absolute Gasteiger partial charge is 0.193 e. The van der Waals surface area contributed by atoms with Crippen LogP contribution in [0.4, 0.5) is 0 Å². The number of aromatic nitrogens is 4. The molecule has 0 spiro atoms. The van der Waals surface area contributed by atoms with Crippen LogP contribution in [0.15, 0.2) is 11.7 Å². The highest BCUT2D eigenvalue weighted by molar-refractivity contribution is 7.13. The lowest BCUT2D eigenvalue weighted by Gasteiger charge is -1.99. The average molecular weight is 202 g/mol. The van der Waals surface area contributed by atoms with Crippen LogP contribution < -0.4 is 5.59 Å². The summed E-state index contributed by atoms with van der Waals surface area (Å²) in [5.74, 6) is 0.842. The molecule has 1 aliphatic carbocycles. The maximum Gasteiger partial charge on any atom is 0.193 e. The lowest BCUT2D eigenvalue weighted by molar-refractivity contribution is 0.745. The van der Waals surface area contributed by atoms with Crippen LogP contribution in [0, 0.1) is 0 Å². The number of rotatable bonds is 2. The Morgan fingerprint density at radius 3 is 3.00 bits per heavy atom. The van der Waals surface area contributed by atoms with E-state index in [2.05, 4.69) is 19.7 Å². The first-order chi connectivity index (χ1) is 6.84. The molecule has 2 heterocycles. The number of hydrogen-bond acceptors (Lipinski definition) is 4. The van der Waals surface area contributed by atoms with Crippen LogP contribution in [0.25, 0.3) is 10.8 Å². The van der Waals surface area contributed by atoms with Crippen molar-refractivity contribution in [2.75, 3.05) is 0 Å². The van der Waals surface area contributed by atoms with E-state index in [-0.39, 0.29) is 0 Å². The van der Waals surface area contributed by atoms with Gasteiger partial charge in [-0.25, -0.2) is 4.98 Å². The van der Waals surface area contributed by atoms with E-state index in [4.69, 9.17) is 7.85 Å². The lowest BCUT2D eigenvalue weighted by atomic mass is 10.1. The molecule has 2 aromatic heterocycles. The van der Waals surface area contributed by atoms with Crippen LogP contribution in [0.5, 0.6) is 0 Å². The van der Waals surface area contributed by atoms with E-state index in [0.717, 1.165) is 10.8 Å². The largest absolute Gasteiger partial charge is 0.308 e. The molecule has 0 N–H and O–H groups in total. The van der Waals surface area contributed by atoms with E-state index in [0.29, 0.717) is 11.6 Å². The maximum absolute atomic E-state index is 5.57. The second kappa shape index (κ2) is 2.91. The fourth-order valence-corrected chi connectivity index (χ4v) is 2.10. The highest BCUT2D eigenvalue weighted by Gasteiger charge is 2.27. The molecule has 0 saturated heterocycles. The molecule has 1 fully saturated rings. The van der Waals surface area contributed by atoms with Crippen LogP contribution in [-0.4, -0.2) is 27.6 Å². The Labute approximate surface area is 86.4 Å². The van der Waals surface area contributed by atoms with Gasteiger partial charge in [-0.2, -0.15) is 0 Å². The predicted molar refractivity (Wildman–Crippen MR) is 54.8 cm³/mol. The van der Waals surface area contributed by atoms with Gasteiger partial charge in [0.25, 0.3) is 0 Å². The monoisotopic (exact) mass is 202 g/mol. The quantitative estimate of drug-likeness (QED) is 0.667. The van der Waals surface area contributed by atoms with Crippen LogP contribution in [0.2, 0.25) is 0 Å². The number of hydrogen-bond donors (Lipinski definition) is 0. The van der Waals surface area contributed by atoms with Gasteiger partial charge in [-0.1, -0.05) is 0 Å². The molecule has 3 rings (SSSR count). The lowest BCUT2D eigenvalue weighted by Crippen LogP contribution is -2.02. The minimum Gasteiger partial charge on any atom is -0.308 e. The summed E-state index contributed by atoms with van der Waals surface area (Å²) in [4.78, 5) is 4.20. The third kappa shape index (κ3) is 1.26. The highest BCUT2D eigenvalue weighted by Crippen LogP contribution is 2.37. The SMILES string of the molecule is [B]c1csc(-c2nncn2C2CC2)n1. The van der Waals surface area contributed by atoms with Crippen LogP contribution >= 0.6 is 11.3 Å². The Morgan fingerprint density at radius 1 is 1.50 bits per heavy atom. The molecule has 68 valence electrons. The molecule has 0 bridgehead atoms. The first-order valence-corrected chi connectivity index (χ1v) is 5.33. The van der Waals surface area contributed by atoms with Crippen molar-refractivity contribution in [3.05, 3.63) is 11.7 Å². The minimum absolute atomic E-state index is 0.551. The Bertz CT molecular complexity index is 459. The molecule has 2 radical (unpaired) electrons. The topological polar surface area (TPSA) is 43.6 Å². The van der Waals surface area contributed by atoms with Crippen molar-refractivity contribution < 1.29 is 0 Å². The molecule has 6 heteroatoms. The van der Waals surface area contributed by atoms with E-state index < -0.39 is 0 Å². The standard InChI is InChI=1S/C8H7BN4S/c9-6-3-14-8(11-6)7-12-10-4-13(7)5-1-2-5/h3-5H,1-2H2. The van der Waals surface area contributed by atoms with Gasteiger partial charge >= 0.3 is 0 Å². The molecule has 0 amide bonds. The van der Waals surface area contributed by atoms with E-state index in [1.165, 1.54) is 24.2 Å². The first kappa shape index (κ1) is 8.17. The normalized spacial score (nSPS) is 16.0. The summed E-state index contributed by atoms with van der Waals surface area (Å²) < 4.78 is 2.08. The second-order valence-electron chi connectivity index (χ2n) is 3.37. The third-order valence-electron chi connectivity index (χ3n) is 2.23. The average Bonchev–Trinajstić information content (AvgIpc) is 2.75. The molecule has 0 aromatic carbocycles. The molecular formula is C8H7BN4S. The van der Waals surface area contributed by atoms with Gasteiger partial charge in [0.15, 0.2) is 10.8 Å². The van der Waals surface area contributed by atoms with Gasteiger partial charge in [-0.05, 0) is 18.4 Å². The summed E-state index contributed by atoms with van der Waals surface area (Å²) in [6.07, 6.45) is 4.20. The molecule has 0 aliphatic heterocycles. The molecule has 0 atom stereocenters. The van der Waals surface area contributed by atoms with Crippen LogP contribution in [0.3, 0.4) is 0 Å². The summed E-state index contributed by atoms with van der Waals surface area (Å²) in [5.41, 5.74) is 0.551. The molecule has 4 nitrogen and oxygen atoms in total. The van der Waals surface area contributed by atoms with E-state index >= 15 is 0 Å². The Balaban J connectivity index is 2.06. The first-order valence-electron chi connectivity index (χ1n) is 4.45. The van der Waals surface area contributed by atoms with Crippen molar-refractivity contribution in [3.63, 3.8) is 0 Å². The summed E-state index contributed by atoms with van der Waals surface area (Å²) in [6.45, 7) is 0. The van der Waals surface area contributed by atoms with Gasteiger partial charge in [-0.3, -0.25) is 0 Å². The van der Waals surface area contributed by atoms with Gasteiger partial charge in [0.05, 0.1) is 0 Å². The van der Waals surface area contributed by atoms with Crippen LogP contribution in [0.1, 0.15) is 18.9 Å². The minimum atomic E-state index is 0.551. The third-order valence-corrected chi connectivity index (χ3v) is 3.08. The zero-order valence-electron chi connectivity index (χ0n) is 7.42. The van der Waals surface area contributed by atoms with Gasteiger partial charge in [0, 0.05) is 11.4 Å². The Kier molecular flexibility index (Phi) is 1.70. The molecule has 0 unspecified atom stereocenters. The maximum atomic E-state index is 5.57. The zero-order chi connectivity index (χ0) is 9.54. The predicted octanol–water partition coefficient (Wildman–Crippen LogP) is 0.530. The van der Waals surface area contributed by atoms with Crippen molar-refractivity contribution in [2.45, 2.75) is 18.9 Å². The molecule has 1 saturated carbocycles. The van der Waals surface area contributed by atoms with Crippen molar-refractivity contribution in [1.29, 1.82) is 0 Å². The highest BCUT2D eigenvalue weighted by atomic mass is 32.1. The Hall–Kier alpha value is -1.17. The van der Waals surface area contributed by atoms with Crippen molar-refractivity contribution >= 4 is 24.8 Å². The molecule has 14 heavy (non-hydrogen) atoms. The van der Waals surface area contributed by atoms with E-state index in [1.54, 1.807) is 6.33 Å². The van der Waals surface area contributed by atoms with Gasteiger partial charge in [-0.15, -0.1) is 21.5 Å². The van der Waals surface area contributed by atoms with Gasteiger partial charge in [0.2, 0.25) is 0 Å². The molecular weight excluding hydrogens is 195 g/mol. The van der Waals surface area contributed by atoms with Gasteiger partial charge < -0.3 is 4.57 Å². The Morgan fingerprint density at radius 2 is 2.36 bits per heavy atom. The second-order valence-corrected chi connectivity index (χ2v) is 4.23. The van der Waals surface area contributed by atoms with Crippen molar-refractivity contribution in [2.24, 2.45) is 0 Å². The summed E-state index contributed by atoms with van der Waals surface area (Å²) in [7, 11) is 5.57. The fourth-order valence-electron chi connectivity index (χ4n) is 1.40. The fraction of sp³-hybridized carbons (Fsp3) is 0.375.